The Morgan fingerprint density at radius 3 is 2.79 bits per heavy atom. The molecule has 2 heterocycles. The summed E-state index contributed by atoms with van der Waals surface area (Å²) in [4.78, 5) is 4.45. The van der Waals surface area contributed by atoms with Gasteiger partial charge in [0.15, 0.2) is 5.96 Å². The van der Waals surface area contributed by atoms with Crippen LogP contribution in [-0.2, 0) is 12.1 Å². The molecule has 0 bridgehead atoms. The fourth-order valence-corrected chi connectivity index (χ4v) is 2.20. The second-order valence-electron chi connectivity index (χ2n) is 5.78. The van der Waals surface area contributed by atoms with Gasteiger partial charge in [-0.1, -0.05) is 0 Å². The molecule has 0 spiro atoms. The molecule has 0 aliphatic heterocycles. The maximum atomic E-state index is 10.4. The number of aliphatic imine (C=N–C) groups is 1. The first kappa shape index (κ1) is 18.0. The second kappa shape index (κ2) is 9.07. The third-order valence-electron chi connectivity index (χ3n) is 3.54. The van der Waals surface area contributed by atoms with E-state index >= 15 is 0 Å². The van der Waals surface area contributed by atoms with E-state index in [1.54, 1.807) is 38.0 Å². The van der Waals surface area contributed by atoms with E-state index in [9.17, 15) is 5.11 Å². The first-order valence-electron chi connectivity index (χ1n) is 8.23. The number of aliphatic hydroxyl groups is 1. The lowest BCUT2D eigenvalue weighted by molar-refractivity contribution is 0.0437. The average molecular weight is 334 g/mol. The summed E-state index contributed by atoms with van der Waals surface area (Å²) in [7, 11) is 0. The van der Waals surface area contributed by atoms with Gasteiger partial charge < -0.3 is 24.7 Å². The van der Waals surface area contributed by atoms with Crippen molar-refractivity contribution in [3.8, 4) is 0 Å². The highest BCUT2D eigenvalue weighted by Gasteiger charge is 2.25. The zero-order chi connectivity index (χ0) is 17.3. The van der Waals surface area contributed by atoms with Crippen molar-refractivity contribution in [3.63, 3.8) is 0 Å². The first-order valence-corrected chi connectivity index (χ1v) is 8.23. The molecule has 0 saturated heterocycles. The number of unbranched alkanes of at least 4 members (excludes halogenated alkanes) is 1. The second-order valence-corrected chi connectivity index (χ2v) is 5.78. The molecule has 2 rings (SSSR count). The van der Waals surface area contributed by atoms with Crippen LogP contribution in [0.4, 0.5) is 0 Å². The van der Waals surface area contributed by atoms with Crippen LogP contribution in [0.3, 0.4) is 0 Å². The maximum Gasteiger partial charge on any atom is 0.191 e. The van der Waals surface area contributed by atoms with Gasteiger partial charge in [-0.3, -0.25) is 0 Å². The molecular weight excluding hydrogens is 308 g/mol. The predicted octanol–water partition coefficient (Wildman–Crippen LogP) is 1.11. The van der Waals surface area contributed by atoms with Crippen molar-refractivity contribution in [1.82, 2.24) is 25.4 Å². The van der Waals surface area contributed by atoms with Crippen LogP contribution in [-0.4, -0.2) is 45.5 Å². The van der Waals surface area contributed by atoms with Crippen LogP contribution in [0.15, 0.2) is 40.5 Å². The largest absolute Gasteiger partial charge is 0.466 e. The quantitative estimate of drug-likeness (QED) is 0.361. The highest BCUT2D eigenvalue weighted by Crippen LogP contribution is 2.20. The van der Waals surface area contributed by atoms with Crippen molar-refractivity contribution in [2.75, 3.05) is 19.6 Å². The molecule has 0 saturated carbocycles. The van der Waals surface area contributed by atoms with Crippen LogP contribution in [0.2, 0.25) is 0 Å². The van der Waals surface area contributed by atoms with Gasteiger partial charge in [-0.05, 0) is 38.8 Å². The summed E-state index contributed by atoms with van der Waals surface area (Å²) in [6, 6.07) is 3.51. The molecular formula is C16H26N6O2. The zero-order valence-corrected chi connectivity index (χ0v) is 14.3. The molecule has 24 heavy (non-hydrogen) atoms. The van der Waals surface area contributed by atoms with Gasteiger partial charge >= 0.3 is 0 Å². The number of furan rings is 1. The number of rotatable bonds is 9. The predicted molar refractivity (Wildman–Crippen MR) is 91.5 cm³/mol. The van der Waals surface area contributed by atoms with Crippen molar-refractivity contribution in [1.29, 1.82) is 0 Å². The lowest BCUT2D eigenvalue weighted by Gasteiger charge is -2.19. The SMILES string of the molecule is CCNC(=NCC(C)(O)c1ccco1)NCCCCn1cnnc1. The van der Waals surface area contributed by atoms with Crippen LogP contribution < -0.4 is 10.6 Å². The molecule has 8 nitrogen and oxygen atoms in total. The molecule has 0 fully saturated rings. The summed E-state index contributed by atoms with van der Waals surface area (Å²) in [6.07, 6.45) is 7.00. The average Bonchev–Trinajstić information content (AvgIpc) is 3.25. The van der Waals surface area contributed by atoms with Crippen LogP contribution in [0.25, 0.3) is 0 Å². The Balaban J connectivity index is 1.75. The summed E-state index contributed by atoms with van der Waals surface area (Å²) >= 11 is 0. The van der Waals surface area contributed by atoms with Gasteiger partial charge in [0.2, 0.25) is 0 Å². The minimum absolute atomic E-state index is 0.219. The molecule has 0 aliphatic rings. The van der Waals surface area contributed by atoms with Crippen LogP contribution in [0, 0.1) is 0 Å². The summed E-state index contributed by atoms with van der Waals surface area (Å²) in [5, 5.41) is 24.4. The van der Waals surface area contributed by atoms with Gasteiger partial charge in [-0.2, -0.15) is 0 Å². The molecule has 3 N–H and O–H groups in total. The normalized spacial score (nSPS) is 14.4. The first-order chi connectivity index (χ1) is 11.6. The zero-order valence-electron chi connectivity index (χ0n) is 14.3. The van der Waals surface area contributed by atoms with E-state index in [0.717, 1.165) is 32.5 Å². The number of aromatic nitrogens is 3. The Kier molecular flexibility index (Phi) is 6.80. The fourth-order valence-electron chi connectivity index (χ4n) is 2.20. The number of nitrogens with zero attached hydrogens (tertiary/aromatic N) is 4. The smallest absolute Gasteiger partial charge is 0.191 e. The molecule has 0 radical (unpaired) electrons. The van der Waals surface area contributed by atoms with E-state index < -0.39 is 5.60 Å². The lowest BCUT2D eigenvalue weighted by Crippen LogP contribution is -2.39. The summed E-state index contributed by atoms with van der Waals surface area (Å²) in [5.74, 6) is 1.20. The third-order valence-corrected chi connectivity index (χ3v) is 3.54. The standard InChI is InChI=1S/C16H26N6O2/c1-3-17-15(18-8-4-5-9-22-12-20-21-13-22)19-11-16(2,23)14-7-6-10-24-14/h6-7,10,12-13,23H,3-5,8-9,11H2,1-2H3,(H2,17,18,19). The van der Waals surface area contributed by atoms with Crippen molar-refractivity contribution in [2.45, 2.75) is 38.8 Å². The Bertz CT molecular complexity index is 592. The number of guanidine groups is 1. The van der Waals surface area contributed by atoms with Gasteiger partial charge in [-0.15, -0.1) is 10.2 Å². The van der Waals surface area contributed by atoms with E-state index in [-0.39, 0.29) is 6.54 Å². The van der Waals surface area contributed by atoms with Crippen LogP contribution in [0.1, 0.15) is 32.4 Å². The van der Waals surface area contributed by atoms with Crippen LogP contribution >= 0.6 is 0 Å². The maximum absolute atomic E-state index is 10.4. The number of aryl methyl sites for hydroxylation is 1. The van der Waals surface area contributed by atoms with Crippen molar-refractivity contribution in [2.24, 2.45) is 4.99 Å². The minimum atomic E-state index is -1.12. The van der Waals surface area contributed by atoms with Crippen molar-refractivity contribution >= 4 is 5.96 Å². The van der Waals surface area contributed by atoms with Crippen molar-refractivity contribution in [3.05, 3.63) is 36.8 Å². The Labute approximate surface area is 142 Å². The minimum Gasteiger partial charge on any atom is -0.466 e. The van der Waals surface area contributed by atoms with Gasteiger partial charge in [0, 0.05) is 19.6 Å². The number of hydrogen-bond donors (Lipinski definition) is 3. The van der Waals surface area contributed by atoms with E-state index in [1.165, 1.54) is 0 Å². The highest BCUT2D eigenvalue weighted by atomic mass is 16.4. The molecule has 132 valence electrons. The summed E-state index contributed by atoms with van der Waals surface area (Å²) in [5.41, 5.74) is -1.12. The van der Waals surface area contributed by atoms with Gasteiger partial charge in [-0.25, -0.2) is 4.99 Å². The van der Waals surface area contributed by atoms with Gasteiger partial charge in [0.05, 0.1) is 12.8 Å². The monoisotopic (exact) mass is 334 g/mol. The molecule has 8 heteroatoms. The molecule has 2 aromatic heterocycles. The van der Waals surface area contributed by atoms with E-state index in [1.807, 2.05) is 11.5 Å². The highest BCUT2D eigenvalue weighted by molar-refractivity contribution is 5.79. The molecule has 2 aromatic rings. The molecule has 1 unspecified atom stereocenters. The Hall–Kier alpha value is -2.35. The lowest BCUT2D eigenvalue weighted by atomic mass is 10.0. The number of hydrogen-bond acceptors (Lipinski definition) is 5. The number of nitrogens with one attached hydrogen (secondary N) is 2. The molecule has 0 amide bonds. The van der Waals surface area contributed by atoms with Gasteiger partial charge in [0.25, 0.3) is 0 Å². The fraction of sp³-hybridized carbons (Fsp3) is 0.562. The summed E-state index contributed by atoms with van der Waals surface area (Å²) < 4.78 is 7.22. The Morgan fingerprint density at radius 2 is 2.12 bits per heavy atom. The summed E-state index contributed by atoms with van der Waals surface area (Å²) in [6.45, 7) is 6.38. The third kappa shape index (κ3) is 5.69. The topological polar surface area (TPSA) is 100 Å². The van der Waals surface area contributed by atoms with E-state index in [4.69, 9.17) is 4.42 Å². The van der Waals surface area contributed by atoms with Crippen LogP contribution in [0.5, 0.6) is 0 Å². The molecule has 1 atom stereocenters. The Morgan fingerprint density at radius 1 is 1.33 bits per heavy atom. The van der Waals surface area contributed by atoms with Crippen molar-refractivity contribution < 1.29 is 9.52 Å². The molecule has 0 aromatic carbocycles. The van der Waals surface area contributed by atoms with E-state index in [2.05, 4.69) is 25.8 Å². The van der Waals surface area contributed by atoms with E-state index in [0.29, 0.717) is 11.7 Å². The molecule has 0 aliphatic carbocycles. The van der Waals surface area contributed by atoms with Gasteiger partial charge in [0.1, 0.15) is 24.0 Å².